The molecule has 2 aromatic carbocycles. The number of rotatable bonds is 6. The minimum absolute atomic E-state index is 0.0245. The van der Waals surface area contributed by atoms with E-state index in [0.29, 0.717) is 22.2 Å². The lowest BCUT2D eigenvalue weighted by molar-refractivity contribution is 0.102. The minimum Gasteiger partial charge on any atom is -0.497 e. The highest BCUT2D eigenvalue weighted by molar-refractivity contribution is 7.99. The van der Waals surface area contributed by atoms with Crippen molar-refractivity contribution in [2.75, 3.05) is 12.9 Å². The Morgan fingerprint density at radius 3 is 2.78 bits per heavy atom. The first-order valence-corrected chi connectivity index (χ1v) is 8.02. The van der Waals surface area contributed by atoms with Crippen LogP contribution in [0.4, 0.5) is 0 Å². The van der Waals surface area contributed by atoms with Crippen molar-refractivity contribution in [2.24, 2.45) is 0 Å². The molecule has 3 aromatic rings. The van der Waals surface area contributed by atoms with Crippen molar-refractivity contribution in [1.82, 2.24) is 14.8 Å². The van der Waals surface area contributed by atoms with Crippen molar-refractivity contribution < 1.29 is 9.53 Å². The molecule has 0 saturated carbocycles. The number of aromatic nitrogens is 3. The van der Waals surface area contributed by atoms with Gasteiger partial charge >= 0.3 is 0 Å². The van der Waals surface area contributed by atoms with E-state index in [1.54, 1.807) is 25.6 Å². The van der Waals surface area contributed by atoms with Gasteiger partial charge in [0.25, 0.3) is 0 Å². The first-order valence-electron chi connectivity index (χ1n) is 7.03. The monoisotopic (exact) mass is 325 g/mol. The van der Waals surface area contributed by atoms with E-state index in [1.165, 1.54) is 11.8 Å². The summed E-state index contributed by atoms with van der Waals surface area (Å²) in [6.07, 6.45) is 1.65. The maximum atomic E-state index is 12.3. The van der Waals surface area contributed by atoms with Crippen molar-refractivity contribution in [3.8, 4) is 11.4 Å². The second-order valence-corrected chi connectivity index (χ2v) is 5.71. The molecular formula is C17H15N3O2S. The number of ketones is 1. The number of para-hydroxylation sites is 1. The maximum absolute atomic E-state index is 12.3. The van der Waals surface area contributed by atoms with Gasteiger partial charge in [-0.05, 0) is 24.3 Å². The van der Waals surface area contributed by atoms with Crippen LogP contribution in [0.15, 0.2) is 66.1 Å². The normalized spacial score (nSPS) is 10.5. The zero-order valence-electron chi connectivity index (χ0n) is 12.5. The summed E-state index contributed by atoms with van der Waals surface area (Å²) >= 11 is 1.36. The van der Waals surface area contributed by atoms with Crippen LogP contribution in [0.5, 0.6) is 5.75 Å². The highest BCUT2D eigenvalue weighted by Gasteiger charge is 2.12. The molecule has 6 heteroatoms. The molecule has 0 fully saturated rings. The van der Waals surface area contributed by atoms with Crippen LogP contribution in [0.2, 0.25) is 0 Å². The third kappa shape index (κ3) is 3.60. The molecule has 0 N–H and O–H groups in total. The van der Waals surface area contributed by atoms with Gasteiger partial charge in [-0.25, -0.2) is 0 Å². The van der Waals surface area contributed by atoms with Gasteiger partial charge in [0.2, 0.25) is 0 Å². The van der Waals surface area contributed by atoms with Crippen molar-refractivity contribution in [1.29, 1.82) is 0 Å². The van der Waals surface area contributed by atoms with Crippen LogP contribution < -0.4 is 4.74 Å². The molecule has 0 aliphatic carbocycles. The van der Waals surface area contributed by atoms with Gasteiger partial charge in [0, 0.05) is 11.3 Å². The summed E-state index contributed by atoms with van der Waals surface area (Å²) in [4.78, 5) is 12.3. The number of benzene rings is 2. The molecule has 1 heterocycles. The first-order chi connectivity index (χ1) is 11.3. The van der Waals surface area contributed by atoms with Crippen LogP contribution >= 0.6 is 11.8 Å². The van der Waals surface area contributed by atoms with Gasteiger partial charge < -0.3 is 4.74 Å². The van der Waals surface area contributed by atoms with Gasteiger partial charge in [-0.2, -0.15) is 0 Å². The Bertz CT molecular complexity index is 802. The molecule has 0 aliphatic rings. The highest BCUT2D eigenvalue weighted by atomic mass is 32.2. The number of hydrogen-bond acceptors (Lipinski definition) is 5. The lowest BCUT2D eigenvalue weighted by Crippen LogP contribution is -2.04. The summed E-state index contributed by atoms with van der Waals surface area (Å²) in [7, 11) is 1.58. The average Bonchev–Trinajstić information content (AvgIpc) is 3.09. The second-order valence-electron chi connectivity index (χ2n) is 4.76. The first kappa shape index (κ1) is 15.3. The third-order valence-electron chi connectivity index (χ3n) is 3.27. The Kier molecular flexibility index (Phi) is 4.73. The number of methoxy groups -OCH3 is 1. The number of carbonyl (C=O) groups excluding carboxylic acids is 1. The third-order valence-corrected chi connectivity index (χ3v) is 4.22. The van der Waals surface area contributed by atoms with Gasteiger partial charge in [0.15, 0.2) is 10.9 Å². The molecule has 0 aliphatic heterocycles. The molecular weight excluding hydrogens is 310 g/mol. The van der Waals surface area contributed by atoms with Crippen LogP contribution in [-0.2, 0) is 0 Å². The molecule has 0 saturated heterocycles. The van der Waals surface area contributed by atoms with E-state index >= 15 is 0 Å². The fourth-order valence-electron chi connectivity index (χ4n) is 2.10. The fourth-order valence-corrected chi connectivity index (χ4v) is 2.92. The van der Waals surface area contributed by atoms with Gasteiger partial charge in [-0.3, -0.25) is 9.36 Å². The predicted octanol–water partition coefficient (Wildman–Crippen LogP) is 3.25. The van der Waals surface area contributed by atoms with Gasteiger partial charge in [-0.15, -0.1) is 10.2 Å². The Morgan fingerprint density at radius 1 is 1.17 bits per heavy atom. The average molecular weight is 325 g/mol. The zero-order valence-corrected chi connectivity index (χ0v) is 13.4. The van der Waals surface area contributed by atoms with Crippen LogP contribution in [0.3, 0.4) is 0 Å². The van der Waals surface area contributed by atoms with E-state index < -0.39 is 0 Å². The van der Waals surface area contributed by atoms with Gasteiger partial charge in [0.1, 0.15) is 12.1 Å². The molecule has 0 radical (unpaired) electrons. The summed E-state index contributed by atoms with van der Waals surface area (Å²) in [6.45, 7) is 0. The molecule has 0 atom stereocenters. The van der Waals surface area contributed by atoms with Gasteiger partial charge in [-0.1, -0.05) is 42.1 Å². The van der Waals surface area contributed by atoms with Crippen LogP contribution in [0.25, 0.3) is 5.69 Å². The number of Topliss-reactive ketones (excluding diaryl/α,β-unsaturated/α-hetero) is 1. The van der Waals surface area contributed by atoms with Crippen LogP contribution in [-0.4, -0.2) is 33.4 Å². The Morgan fingerprint density at radius 2 is 2.00 bits per heavy atom. The Labute approximate surface area is 138 Å². The molecule has 5 nitrogen and oxygen atoms in total. The number of thioether (sulfide) groups is 1. The largest absolute Gasteiger partial charge is 0.497 e. The number of nitrogens with zero attached hydrogens (tertiary/aromatic N) is 3. The van der Waals surface area contributed by atoms with Gasteiger partial charge in [0.05, 0.1) is 12.9 Å². The molecule has 0 spiro atoms. The molecule has 116 valence electrons. The lowest BCUT2D eigenvalue weighted by Gasteiger charge is -2.06. The van der Waals surface area contributed by atoms with Crippen molar-refractivity contribution in [3.63, 3.8) is 0 Å². The number of ether oxygens (including phenoxy) is 1. The van der Waals surface area contributed by atoms with E-state index in [2.05, 4.69) is 10.2 Å². The summed E-state index contributed by atoms with van der Waals surface area (Å²) in [5, 5.41) is 8.72. The second kappa shape index (κ2) is 7.11. The highest BCUT2D eigenvalue weighted by Crippen LogP contribution is 2.21. The summed E-state index contributed by atoms with van der Waals surface area (Å²) in [6, 6.07) is 16.9. The Balaban J connectivity index is 1.72. The summed E-state index contributed by atoms with van der Waals surface area (Å²) < 4.78 is 7.01. The summed E-state index contributed by atoms with van der Waals surface area (Å²) in [5.41, 5.74) is 1.59. The van der Waals surface area contributed by atoms with Crippen LogP contribution in [0, 0.1) is 0 Å². The molecule has 3 rings (SSSR count). The van der Waals surface area contributed by atoms with E-state index in [9.17, 15) is 4.79 Å². The fraction of sp³-hybridized carbons (Fsp3) is 0.118. The SMILES string of the molecule is COc1cccc(C(=O)CSc2nncn2-c2ccccc2)c1. The van der Waals surface area contributed by atoms with Crippen molar-refractivity contribution in [2.45, 2.75) is 5.16 Å². The molecule has 1 aromatic heterocycles. The minimum atomic E-state index is 0.0245. The number of carbonyl (C=O) groups is 1. The maximum Gasteiger partial charge on any atom is 0.196 e. The standard InChI is InChI=1S/C17H15N3O2S/c1-22-15-9-5-6-13(10-15)16(21)11-23-17-19-18-12-20(17)14-7-3-2-4-8-14/h2-10,12H,11H2,1H3. The molecule has 0 amide bonds. The molecule has 0 bridgehead atoms. The predicted molar refractivity (Wildman–Crippen MR) is 89.4 cm³/mol. The smallest absolute Gasteiger partial charge is 0.196 e. The summed E-state index contributed by atoms with van der Waals surface area (Å²) in [5.74, 6) is 0.989. The van der Waals surface area contributed by atoms with Crippen molar-refractivity contribution >= 4 is 17.5 Å². The van der Waals surface area contributed by atoms with Crippen molar-refractivity contribution in [3.05, 3.63) is 66.5 Å². The quantitative estimate of drug-likeness (QED) is 0.514. The Hall–Kier alpha value is -2.60. The van der Waals surface area contributed by atoms with E-state index in [-0.39, 0.29) is 5.78 Å². The van der Waals surface area contributed by atoms with E-state index in [0.717, 1.165) is 5.69 Å². The van der Waals surface area contributed by atoms with Crippen LogP contribution in [0.1, 0.15) is 10.4 Å². The lowest BCUT2D eigenvalue weighted by atomic mass is 10.1. The topological polar surface area (TPSA) is 57.0 Å². The molecule has 23 heavy (non-hydrogen) atoms. The van der Waals surface area contributed by atoms with E-state index in [1.807, 2.05) is 47.0 Å². The number of hydrogen-bond donors (Lipinski definition) is 0. The zero-order chi connectivity index (χ0) is 16.1. The van der Waals surface area contributed by atoms with E-state index in [4.69, 9.17) is 4.74 Å². The molecule has 0 unspecified atom stereocenters.